The summed E-state index contributed by atoms with van der Waals surface area (Å²) >= 11 is 0. The number of nitrogens with two attached hydrogens (primary N) is 1. The summed E-state index contributed by atoms with van der Waals surface area (Å²) in [5.41, 5.74) is 8.72. The van der Waals surface area contributed by atoms with Crippen molar-refractivity contribution in [2.75, 3.05) is 19.6 Å². The highest BCUT2D eigenvalue weighted by molar-refractivity contribution is 5.79. The summed E-state index contributed by atoms with van der Waals surface area (Å²) in [4.78, 5) is 32.5. The Morgan fingerprint density at radius 2 is 1.25 bits per heavy atom. The van der Waals surface area contributed by atoms with Crippen molar-refractivity contribution in [3.05, 3.63) is 108 Å². The molecule has 0 bridgehead atoms. The predicted molar refractivity (Wildman–Crippen MR) is 139 cm³/mol. The second-order valence-electron chi connectivity index (χ2n) is 8.14. The Hall–Kier alpha value is -4.01. The van der Waals surface area contributed by atoms with Gasteiger partial charge in [-0.25, -0.2) is 0 Å². The van der Waals surface area contributed by atoms with Gasteiger partial charge in [0.05, 0.1) is 13.1 Å². The van der Waals surface area contributed by atoms with E-state index in [0.29, 0.717) is 13.0 Å². The maximum atomic E-state index is 11.7. The highest BCUT2D eigenvalue weighted by atomic mass is 16.4. The van der Waals surface area contributed by atoms with Crippen LogP contribution in [0.15, 0.2) is 91.0 Å². The van der Waals surface area contributed by atoms with Crippen molar-refractivity contribution in [3.8, 4) is 0 Å². The Kier molecular flexibility index (Phi) is 12.4. The van der Waals surface area contributed by atoms with Gasteiger partial charge in [0, 0.05) is 12.5 Å². The van der Waals surface area contributed by atoms with Crippen LogP contribution >= 0.6 is 0 Å². The molecule has 0 aliphatic heterocycles. The van der Waals surface area contributed by atoms with Gasteiger partial charge in [-0.1, -0.05) is 91.0 Å². The number of carbonyl (C=O) groups excluding carboxylic acids is 1. The topological polar surface area (TPSA) is 142 Å². The zero-order valence-electron chi connectivity index (χ0n) is 20.0. The lowest BCUT2D eigenvalue weighted by Gasteiger charge is -2.18. The highest BCUT2D eigenvalue weighted by Crippen LogP contribution is 2.27. The van der Waals surface area contributed by atoms with E-state index in [-0.39, 0.29) is 24.9 Å². The number of rotatable bonds is 12. The van der Waals surface area contributed by atoms with Gasteiger partial charge in [-0.05, 0) is 29.5 Å². The molecule has 1 unspecified atom stereocenters. The molecule has 0 saturated heterocycles. The summed E-state index contributed by atoms with van der Waals surface area (Å²) in [5.74, 6) is -1.93. The molecule has 3 rings (SSSR count). The number of amides is 1. The number of carboxylic acids is 2. The van der Waals surface area contributed by atoms with Gasteiger partial charge in [0.25, 0.3) is 0 Å². The number of benzene rings is 3. The van der Waals surface area contributed by atoms with Gasteiger partial charge in [-0.3, -0.25) is 19.7 Å². The Balaban J connectivity index is 0.000000319. The smallest absolute Gasteiger partial charge is 0.320 e. The van der Waals surface area contributed by atoms with Crippen LogP contribution in [0.3, 0.4) is 0 Å². The Labute approximate surface area is 211 Å². The minimum absolute atomic E-state index is 0.00758. The number of nitrogens with one attached hydrogen (secondary N) is 2. The molecule has 0 aromatic heterocycles. The van der Waals surface area contributed by atoms with E-state index in [9.17, 15) is 14.4 Å². The fourth-order valence-corrected chi connectivity index (χ4v) is 3.55. The van der Waals surface area contributed by atoms with Crippen LogP contribution in [0.4, 0.5) is 0 Å². The number of carboxylic acid groups (broad SMARTS) is 2. The zero-order chi connectivity index (χ0) is 26.2. The first-order valence-corrected chi connectivity index (χ1v) is 11.7. The SMILES string of the molecule is NC(Cc1ccccc1)C(=O)O.O=C(O)CNCC(=O)NCCC(c1ccccc1)c1ccccc1. The van der Waals surface area contributed by atoms with Crippen molar-refractivity contribution in [2.24, 2.45) is 5.73 Å². The van der Waals surface area contributed by atoms with Gasteiger partial charge in [0.2, 0.25) is 5.91 Å². The summed E-state index contributed by atoms with van der Waals surface area (Å²) in [6.07, 6.45) is 1.16. The molecule has 0 fully saturated rings. The molecule has 1 atom stereocenters. The average molecular weight is 492 g/mol. The van der Waals surface area contributed by atoms with E-state index in [0.717, 1.165) is 12.0 Å². The first-order chi connectivity index (χ1) is 17.4. The van der Waals surface area contributed by atoms with Crippen molar-refractivity contribution in [2.45, 2.75) is 24.8 Å². The van der Waals surface area contributed by atoms with E-state index in [2.05, 4.69) is 34.9 Å². The van der Waals surface area contributed by atoms with Gasteiger partial charge >= 0.3 is 11.9 Å². The minimum atomic E-state index is -0.976. The molecular formula is C28H33N3O5. The minimum Gasteiger partial charge on any atom is -0.480 e. The first kappa shape index (κ1) is 28.2. The lowest BCUT2D eigenvalue weighted by atomic mass is 9.88. The van der Waals surface area contributed by atoms with E-state index >= 15 is 0 Å². The molecule has 1 amide bonds. The van der Waals surface area contributed by atoms with E-state index in [1.165, 1.54) is 11.1 Å². The summed E-state index contributed by atoms with van der Waals surface area (Å²) in [7, 11) is 0. The normalized spacial score (nSPS) is 11.2. The number of carbonyl (C=O) groups is 3. The zero-order valence-corrected chi connectivity index (χ0v) is 20.0. The van der Waals surface area contributed by atoms with Crippen LogP contribution in [-0.2, 0) is 20.8 Å². The third kappa shape index (κ3) is 10.9. The maximum Gasteiger partial charge on any atom is 0.320 e. The van der Waals surface area contributed by atoms with Crippen LogP contribution in [0.2, 0.25) is 0 Å². The monoisotopic (exact) mass is 491 g/mol. The van der Waals surface area contributed by atoms with Crippen LogP contribution in [0.5, 0.6) is 0 Å². The molecule has 0 spiro atoms. The van der Waals surface area contributed by atoms with Gasteiger partial charge in [0.15, 0.2) is 0 Å². The highest BCUT2D eigenvalue weighted by Gasteiger charge is 2.14. The average Bonchev–Trinajstić information content (AvgIpc) is 2.88. The molecule has 8 nitrogen and oxygen atoms in total. The molecule has 8 heteroatoms. The third-order valence-electron chi connectivity index (χ3n) is 5.34. The van der Waals surface area contributed by atoms with Crippen LogP contribution in [0, 0.1) is 0 Å². The van der Waals surface area contributed by atoms with Crippen molar-refractivity contribution >= 4 is 17.8 Å². The van der Waals surface area contributed by atoms with Crippen LogP contribution in [0.1, 0.15) is 29.0 Å². The Bertz CT molecular complexity index is 1020. The quantitative estimate of drug-likeness (QED) is 0.262. The van der Waals surface area contributed by atoms with Crippen LogP contribution < -0.4 is 16.4 Å². The first-order valence-electron chi connectivity index (χ1n) is 11.7. The molecule has 6 N–H and O–H groups in total. The van der Waals surface area contributed by atoms with E-state index in [1.54, 1.807) is 0 Å². The third-order valence-corrected chi connectivity index (χ3v) is 5.34. The molecular weight excluding hydrogens is 458 g/mol. The second-order valence-corrected chi connectivity index (χ2v) is 8.14. The van der Waals surface area contributed by atoms with Crippen molar-refractivity contribution in [1.29, 1.82) is 0 Å². The van der Waals surface area contributed by atoms with Crippen molar-refractivity contribution in [1.82, 2.24) is 10.6 Å². The Morgan fingerprint density at radius 1 is 0.750 bits per heavy atom. The lowest BCUT2D eigenvalue weighted by Crippen LogP contribution is -2.36. The van der Waals surface area contributed by atoms with E-state index in [4.69, 9.17) is 15.9 Å². The van der Waals surface area contributed by atoms with Crippen LogP contribution in [-0.4, -0.2) is 53.7 Å². The maximum absolute atomic E-state index is 11.7. The molecule has 0 aliphatic rings. The lowest BCUT2D eigenvalue weighted by molar-refractivity contribution is -0.138. The second kappa shape index (κ2) is 15.8. The molecule has 3 aromatic rings. The molecule has 0 saturated carbocycles. The fourth-order valence-electron chi connectivity index (χ4n) is 3.55. The summed E-state index contributed by atoms with van der Waals surface area (Å²) < 4.78 is 0. The molecule has 36 heavy (non-hydrogen) atoms. The van der Waals surface area contributed by atoms with E-state index < -0.39 is 18.0 Å². The predicted octanol–water partition coefficient (Wildman–Crippen LogP) is 2.64. The largest absolute Gasteiger partial charge is 0.480 e. The van der Waals surface area contributed by atoms with Crippen molar-refractivity contribution < 1.29 is 24.6 Å². The summed E-state index contributed by atoms with van der Waals surface area (Å²) in [5, 5.41) is 22.5. The van der Waals surface area contributed by atoms with E-state index in [1.807, 2.05) is 66.7 Å². The number of hydrogen-bond donors (Lipinski definition) is 5. The fraction of sp³-hybridized carbons (Fsp3) is 0.250. The summed E-state index contributed by atoms with van der Waals surface area (Å²) in [6, 6.07) is 28.9. The van der Waals surface area contributed by atoms with Gasteiger partial charge in [-0.2, -0.15) is 0 Å². The summed E-state index contributed by atoms with van der Waals surface area (Å²) in [6.45, 7) is 0.319. The molecule has 0 aliphatic carbocycles. The van der Waals surface area contributed by atoms with Gasteiger partial charge < -0.3 is 21.3 Å². The standard InChI is InChI=1S/C19H22N2O3.C9H11NO2/c22-18(13-20-14-19(23)24)21-12-11-17(15-7-3-1-4-8-15)16-9-5-2-6-10-16;10-8(9(11)12)6-7-4-2-1-3-5-7/h1-10,17,20H,11-14H2,(H,21,22)(H,23,24);1-5,8H,6,10H2,(H,11,12). The number of aliphatic carboxylic acids is 2. The van der Waals surface area contributed by atoms with Gasteiger partial charge in [-0.15, -0.1) is 0 Å². The van der Waals surface area contributed by atoms with Crippen LogP contribution in [0.25, 0.3) is 0 Å². The van der Waals surface area contributed by atoms with Gasteiger partial charge in [0.1, 0.15) is 6.04 Å². The molecule has 0 radical (unpaired) electrons. The van der Waals surface area contributed by atoms with Crippen molar-refractivity contribution in [3.63, 3.8) is 0 Å². The molecule has 0 heterocycles. The Morgan fingerprint density at radius 3 is 1.72 bits per heavy atom. The molecule has 190 valence electrons. The molecule has 3 aromatic carbocycles. The number of hydrogen-bond acceptors (Lipinski definition) is 5.